The van der Waals surface area contributed by atoms with Crippen molar-refractivity contribution in [2.75, 3.05) is 13.1 Å². The number of nitrogens with one attached hydrogen (secondary N) is 1. The van der Waals surface area contributed by atoms with Gasteiger partial charge in [0.05, 0.1) is 0 Å². The summed E-state index contributed by atoms with van der Waals surface area (Å²) < 4.78 is 0. The van der Waals surface area contributed by atoms with Crippen molar-refractivity contribution in [2.45, 2.75) is 18.9 Å². The lowest BCUT2D eigenvalue weighted by Crippen LogP contribution is -2.29. The van der Waals surface area contributed by atoms with E-state index in [9.17, 15) is 0 Å². The summed E-state index contributed by atoms with van der Waals surface area (Å²) in [7, 11) is 0. The molecule has 1 aliphatic heterocycles. The first-order valence-electron chi connectivity index (χ1n) is 3.30. The zero-order valence-electron chi connectivity index (χ0n) is 5.80. The molecule has 2 rings (SSSR count). The van der Waals surface area contributed by atoms with E-state index >= 15 is 0 Å². The highest BCUT2D eigenvalue weighted by atomic mass is 35.5. The normalized spacial score (nSPS) is 32.7. The third-order valence-corrected chi connectivity index (χ3v) is 2.52. The maximum Gasteiger partial charge on any atom is 0.0234 e. The summed E-state index contributed by atoms with van der Waals surface area (Å²) in [5.74, 6) is 0. The summed E-state index contributed by atoms with van der Waals surface area (Å²) in [5.41, 5.74) is 6.38. The van der Waals surface area contributed by atoms with Crippen LogP contribution in [0.1, 0.15) is 12.8 Å². The van der Waals surface area contributed by atoms with Crippen LogP contribution >= 0.6 is 24.8 Å². The van der Waals surface area contributed by atoms with Gasteiger partial charge in [-0.2, -0.15) is 0 Å². The average Bonchev–Trinajstić information content (AvgIpc) is 2.39. The quantitative estimate of drug-likeness (QED) is 0.578. The molecule has 0 radical (unpaired) electrons. The molecule has 0 unspecified atom stereocenters. The molecule has 62 valence electrons. The van der Waals surface area contributed by atoms with Crippen molar-refractivity contribution in [1.29, 1.82) is 0 Å². The van der Waals surface area contributed by atoms with Crippen LogP contribution < -0.4 is 11.1 Å². The lowest BCUT2D eigenvalue weighted by atomic mass is 10.0. The lowest BCUT2D eigenvalue weighted by molar-refractivity contribution is 0.498. The first kappa shape index (κ1) is 10.5. The van der Waals surface area contributed by atoms with Crippen molar-refractivity contribution in [2.24, 2.45) is 11.1 Å². The van der Waals surface area contributed by atoms with E-state index in [1.54, 1.807) is 0 Å². The summed E-state index contributed by atoms with van der Waals surface area (Å²) in [6.07, 6.45) is 2.72. The Morgan fingerprint density at radius 1 is 1.30 bits per heavy atom. The molecule has 0 aromatic rings. The molecule has 2 nitrogen and oxygen atoms in total. The highest BCUT2D eigenvalue weighted by Crippen LogP contribution is 2.49. The maximum atomic E-state index is 5.81. The molecule has 2 fully saturated rings. The average molecular weight is 185 g/mol. The van der Waals surface area contributed by atoms with Gasteiger partial charge in [-0.1, -0.05) is 0 Å². The SMILES string of the molecule is Cl.Cl.N[C@H]1CNCC12CC2. The Morgan fingerprint density at radius 2 is 1.90 bits per heavy atom. The molecule has 1 saturated carbocycles. The van der Waals surface area contributed by atoms with Crippen molar-refractivity contribution >= 4 is 24.8 Å². The second-order valence-electron chi connectivity index (χ2n) is 3.10. The van der Waals surface area contributed by atoms with E-state index in [-0.39, 0.29) is 24.8 Å². The van der Waals surface area contributed by atoms with Crippen LogP contribution in [0.15, 0.2) is 0 Å². The van der Waals surface area contributed by atoms with E-state index in [1.165, 1.54) is 19.4 Å². The number of nitrogens with two attached hydrogens (primary N) is 1. The summed E-state index contributed by atoms with van der Waals surface area (Å²) >= 11 is 0. The van der Waals surface area contributed by atoms with Crippen molar-refractivity contribution in [3.05, 3.63) is 0 Å². The molecule has 3 N–H and O–H groups in total. The lowest BCUT2D eigenvalue weighted by Gasteiger charge is -2.08. The number of hydrogen-bond donors (Lipinski definition) is 2. The van der Waals surface area contributed by atoms with Crippen molar-refractivity contribution in [3.63, 3.8) is 0 Å². The molecule has 0 bridgehead atoms. The Morgan fingerprint density at radius 3 is 2.10 bits per heavy atom. The molecule has 0 aromatic carbocycles. The third-order valence-electron chi connectivity index (χ3n) is 2.52. The monoisotopic (exact) mass is 184 g/mol. The van der Waals surface area contributed by atoms with Gasteiger partial charge < -0.3 is 11.1 Å². The molecule has 10 heavy (non-hydrogen) atoms. The van der Waals surface area contributed by atoms with Crippen LogP contribution in [-0.4, -0.2) is 19.1 Å². The predicted octanol–water partition coefficient (Wildman–Crippen LogP) is 0.541. The molecule has 0 amide bonds. The van der Waals surface area contributed by atoms with Gasteiger partial charge in [-0.15, -0.1) is 24.8 Å². The van der Waals surface area contributed by atoms with Crippen molar-refractivity contribution in [1.82, 2.24) is 5.32 Å². The van der Waals surface area contributed by atoms with Crippen LogP contribution in [0.5, 0.6) is 0 Å². The van der Waals surface area contributed by atoms with Crippen molar-refractivity contribution in [3.8, 4) is 0 Å². The van der Waals surface area contributed by atoms with Crippen LogP contribution in [-0.2, 0) is 0 Å². The topological polar surface area (TPSA) is 38.0 Å². The van der Waals surface area contributed by atoms with Gasteiger partial charge in [0.15, 0.2) is 0 Å². The number of hydrogen-bond acceptors (Lipinski definition) is 2. The van der Waals surface area contributed by atoms with Gasteiger partial charge in [0, 0.05) is 19.1 Å². The Bertz CT molecular complexity index is 114. The van der Waals surface area contributed by atoms with Crippen LogP contribution in [0.25, 0.3) is 0 Å². The largest absolute Gasteiger partial charge is 0.326 e. The van der Waals surface area contributed by atoms with Crippen LogP contribution in [0.3, 0.4) is 0 Å². The van der Waals surface area contributed by atoms with Crippen LogP contribution in [0.4, 0.5) is 0 Å². The fourth-order valence-corrected chi connectivity index (χ4v) is 1.53. The fourth-order valence-electron chi connectivity index (χ4n) is 1.53. The molecule has 1 atom stereocenters. The minimum Gasteiger partial charge on any atom is -0.326 e. The van der Waals surface area contributed by atoms with E-state index in [4.69, 9.17) is 5.73 Å². The molecule has 2 aliphatic rings. The zero-order valence-corrected chi connectivity index (χ0v) is 7.43. The van der Waals surface area contributed by atoms with Gasteiger partial charge in [-0.3, -0.25) is 0 Å². The van der Waals surface area contributed by atoms with Gasteiger partial charge in [-0.05, 0) is 18.3 Å². The zero-order chi connectivity index (χ0) is 5.61. The summed E-state index contributed by atoms with van der Waals surface area (Å²) in [6.45, 7) is 2.22. The second kappa shape index (κ2) is 3.26. The molecule has 4 heteroatoms. The molecular formula is C6H14Cl2N2. The molecule has 1 spiro atoms. The number of halogens is 2. The molecule has 1 saturated heterocycles. The van der Waals surface area contributed by atoms with Gasteiger partial charge in [-0.25, -0.2) is 0 Å². The van der Waals surface area contributed by atoms with Gasteiger partial charge in [0.1, 0.15) is 0 Å². The first-order chi connectivity index (χ1) is 3.83. The van der Waals surface area contributed by atoms with Crippen LogP contribution in [0.2, 0.25) is 0 Å². The minimum absolute atomic E-state index is 0. The highest BCUT2D eigenvalue weighted by molar-refractivity contribution is 5.85. The fraction of sp³-hybridized carbons (Fsp3) is 1.00. The molecule has 1 aliphatic carbocycles. The maximum absolute atomic E-state index is 5.81. The minimum atomic E-state index is 0. The standard InChI is InChI=1S/C6H12N2.2ClH/c7-5-3-8-4-6(5)1-2-6;;/h5,8H,1-4,7H2;2*1H/t5-;;/m0../s1. The smallest absolute Gasteiger partial charge is 0.0234 e. The van der Waals surface area contributed by atoms with E-state index in [0.29, 0.717) is 11.5 Å². The van der Waals surface area contributed by atoms with E-state index in [2.05, 4.69) is 5.32 Å². The van der Waals surface area contributed by atoms with Gasteiger partial charge in [0.25, 0.3) is 0 Å². The summed E-state index contributed by atoms with van der Waals surface area (Å²) in [4.78, 5) is 0. The molecule has 1 heterocycles. The molecule has 0 aromatic heterocycles. The predicted molar refractivity (Wildman–Crippen MR) is 47.0 cm³/mol. The van der Waals surface area contributed by atoms with Gasteiger partial charge >= 0.3 is 0 Å². The van der Waals surface area contributed by atoms with E-state index in [1.807, 2.05) is 0 Å². The summed E-state index contributed by atoms with van der Waals surface area (Å²) in [6, 6.07) is 0.461. The number of rotatable bonds is 0. The Labute approximate surface area is 73.7 Å². The Balaban J connectivity index is 0.000000405. The second-order valence-corrected chi connectivity index (χ2v) is 3.10. The molecular weight excluding hydrogens is 171 g/mol. The van der Waals surface area contributed by atoms with E-state index in [0.717, 1.165) is 6.54 Å². The third kappa shape index (κ3) is 1.40. The van der Waals surface area contributed by atoms with Crippen molar-refractivity contribution < 1.29 is 0 Å². The van der Waals surface area contributed by atoms with Gasteiger partial charge in [0.2, 0.25) is 0 Å². The first-order valence-corrected chi connectivity index (χ1v) is 3.30. The Kier molecular flexibility index (Phi) is 3.43. The van der Waals surface area contributed by atoms with Crippen LogP contribution in [0, 0.1) is 5.41 Å². The highest BCUT2D eigenvalue weighted by Gasteiger charge is 2.50. The summed E-state index contributed by atoms with van der Waals surface area (Å²) in [5, 5.41) is 3.30. The van der Waals surface area contributed by atoms with E-state index < -0.39 is 0 Å². The Hall–Kier alpha value is 0.500.